The molecule has 0 spiro atoms. The fraction of sp³-hybridized carbons (Fsp3) is 0.250. The summed E-state index contributed by atoms with van der Waals surface area (Å²) in [5.41, 5.74) is 0.607. The molecule has 2 aromatic rings. The van der Waals surface area contributed by atoms with Gasteiger partial charge in [-0.2, -0.15) is 0 Å². The molecule has 0 fully saturated rings. The second-order valence-corrected chi connectivity index (χ2v) is 8.01. The second kappa shape index (κ2) is 16.0. The summed E-state index contributed by atoms with van der Waals surface area (Å²) >= 11 is 0. The molecule has 0 saturated carbocycles. The van der Waals surface area contributed by atoms with Gasteiger partial charge in [0.1, 0.15) is 6.10 Å². The topological polar surface area (TPSA) is 40.4 Å². The Bertz CT molecular complexity index is 624. The third-order valence-electron chi connectivity index (χ3n) is 3.08. The molecule has 138 valence electrons. The maximum Gasteiger partial charge on any atom is 1.00 e. The molecule has 6 heteroatoms. The van der Waals surface area contributed by atoms with E-state index in [9.17, 15) is 4.79 Å². The van der Waals surface area contributed by atoms with Crippen molar-refractivity contribution >= 4 is 25.8 Å². The summed E-state index contributed by atoms with van der Waals surface area (Å²) in [6.45, 7) is 8.27. The first-order valence-corrected chi connectivity index (χ1v) is 10.5. The molecule has 0 aliphatic rings. The number of hydrogen-bond acceptors (Lipinski definition) is 2. The third-order valence-corrected chi connectivity index (χ3v) is 4.57. The van der Waals surface area contributed by atoms with E-state index in [1.807, 2.05) is 31.2 Å². The molecular formula is C20H25CuLiNO2Si. The smallest absolute Gasteiger partial charge is 0.591 e. The Kier molecular flexibility index (Phi) is 16.6. The number of ether oxygens (including phenoxy) is 1. The van der Waals surface area contributed by atoms with E-state index >= 15 is 0 Å². The molecule has 2 aromatic carbocycles. The van der Waals surface area contributed by atoms with E-state index in [0.29, 0.717) is 5.69 Å². The Morgan fingerprint density at radius 1 is 1.04 bits per heavy atom. The van der Waals surface area contributed by atoms with Gasteiger partial charge in [0.05, 0.1) is 8.80 Å². The van der Waals surface area contributed by atoms with Crippen molar-refractivity contribution in [3.8, 4) is 0 Å². The Balaban J connectivity index is 0. The molecular weight excluding hydrogens is 385 g/mol. The summed E-state index contributed by atoms with van der Waals surface area (Å²) < 4.78 is 5.00. The van der Waals surface area contributed by atoms with E-state index in [1.54, 1.807) is 25.1 Å². The van der Waals surface area contributed by atoms with Crippen LogP contribution in [0, 0.1) is 0 Å². The fourth-order valence-electron chi connectivity index (χ4n) is 1.88. The van der Waals surface area contributed by atoms with Crippen LogP contribution in [-0.4, -0.2) is 21.0 Å². The minimum absolute atomic E-state index is 0. The van der Waals surface area contributed by atoms with Crippen LogP contribution in [0.3, 0.4) is 0 Å². The summed E-state index contributed by atoms with van der Waals surface area (Å²) in [6.07, 6.45) is 2.82. The summed E-state index contributed by atoms with van der Waals surface area (Å²) in [5, 5.41) is 5.30. The van der Waals surface area contributed by atoms with Gasteiger partial charge in [-0.3, -0.25) is 4.79 Å². The standard InChI is InChI=1S/C12H15NO2.C8H11Si.Cu.Li/c1-3-7-10(2)15-12(14)13-11-8-5-4-6-9-11;1-9(2)8-6-4-3-5-7-8;;/h3-10H,1-2H3,(H,13,14);3-7H,1-2H3;;/q;;;+1/p-1/b7-3-;;;. The molecule has 0 aliphatic carbocycles. The Morgan fingerprint density at radius 3 is 1.96 bits per heavy atom. The monoisotopic (exact) mass is 409 g/mol. The van der Waals surface area contributed by atoms with Crippen LogP contribution in [0.15, 0.2) is 72.8 Å². The average Bonchev–Trinajstić information content (AvgIpc) is 2.57. The molecule has 1 atom stereocenters. The zero-order valence-electron chi connectivity index (χ0n) is 16.1. The molecule has 26 heavy (non-hydrogen) atoms. The minimum Gasteiger partial charge on any atom is -0.591 e. The van der Waals surface area contributed by atoms with E-state index in [1.165, 1.54) is 5.19 Å². The molecule has 0 aliphatic heterocycles. The SMILES string of the molecule is C/C=C\C(C)OC(=O)[N-]c1ccccc1.C[Si](C)c1ccccc1.[Cu].[Li+]. The summed E-state index contributed by atoms with van der Waals surface area (Å²) in [4.78, 5) is 11.3. The average molecular weight is 410 g/mol. The summed E-state index contributed by atoms with van der Waals surface area (Å²) in [7, 11) is -0.212. The summed E-state index contributed by atoms with van der Waals surface area (Å²) in [5.74, 6) is 0. The van der Waals surface area contributed by atoms with Gasteiger partial charge in [-0.15, -0.1) is 5.69 Å². The molecule has 0 heterocycles. The van der Waals surface area contributed by atoms with Crippen molar-refractivity contribution in [2.45, 2.75) is 33.0 Å². The van der Waals surface area contributed by atoms with Crippen molar-refractivity contribution in [3.05, 3.63) is 78.1 Å². The van der Waals surface area contributed by atoms with E-state index in [-0.39, 0.29) is 50.8 Å². The second-order valence-electron chi connectivity index (χ2n) is 5.43. The number of carbonyl (C=O) groups is 1. The predicted octanol–water partition coefficient (Wildman–Crippen LogP) is 2.44. The Morgan fingerprint density at radius 2 is 1.54 bits per heavy atom. The van der Waals surface area contributed by atoms with Crippen molar-refractivity contribution < 1.29 is 45.5 Å². The quantitative estimate of drug-likeness (QED) is 0.574. The van der Waals surface area contributed by atoms with Gasteiger partial charge in [-0.05, 0) is 19.9 Å². The largest absolute Gasteiger partial charge is 1.00 e. The third kappa shape index (κ3) is 12.2. The van der Waals surface area contributed by atoms with Gasteiger partial charge in [0.2, 0.25) is 6.09 Å². The van der Waals surface area contributed by atoms with Crippen molar-refractivity contribution in [2.24, 2.45) is 0 Å². The zero-order chi connectivity index (χ0) is 17.8. The molecule has 0 saturated heterocycles. The number of rotatable bonds is 4. The molecule has 3 nitrogen and oxygen atoms in total. The maximum absolute atomic E-state index is 11.3. The van der Waals surface area contributed by atoms with Gasteiger partial charge in [-0.25, -0.2) is 0 Å². The van der Waals surface area contributed by atoms with Crippen LogP contribution >= 0.6 is 0 Å². The number of hydrogen-bond donors (Lipinski definition) is 0. The van der Waals surface area contributed by atoms with E-state index in [4.69, 9.17) is 4.74 Å². The number of nitrogens with zero attached hydrogens (tertiary/aromatic N) is 1. The van der Waals surface area contributed by atoms with Crippen LogP contribution in [0.2, 0.25) is 13.1 Å². The minimum atomic E-state index is -0.563. The number of benzene rings is 2. The molecule has 2 radical (unpaired) electrons. The maximum atomic E-state index is 11.3. The van der Waals surface area contributed by atoms with Crippen LogP contribution < -0.4 is 24.0 Å². The van der Waals surface area contributed by atoms with Gasteiger partial charge in [0, 0.05) is 17.1 Å². The van der Waals surface area contributed by atoms with Gasteiger partial charge in [-0.1, -0.05) is 85.0 Å². The van der Waals surface area contributed by atoms with Crippen molar-refractivity contribution in [1.82, 2.24) is 0 Å². The fourth-order valence-corrected chi connectivity index (χ4v) is 2.73. The van der Waals surface area contributed by atoms with E-state index in [2.05, 4.69) is 48.7 Å². The molecule has 2 rings (SSSR count). The normalized spacial score (nSPS) is 10.7. The number of amides is 1. The molecule has 0 aromatic heterocycles. The molecule has 1 amide bonds. The first-order chi connectivity index (χ1) is 11.5. The van der Waals surface area contributed by atoms with Gasteiger partial charge < -0.3 is 10.1 Å². The Labute approximate surface area is 181 Å². The number of para-hydroxylation sites is 1. The molecule has 0 N–H and O–H groups in total. The first kappa shape index (κ1) is 27.0. The van der Waals surface area contributed by atoms with Crippen LogP contribution in [0.1, 0.15) is 13.8 Å². The van der Waals surface area contributed by atoms with Crippen molar-refractivity contribution in [1.29, 1.82) is 0 Å². The van der Waals surface area contributed by atoms with E-state index < -0.39 is 6.09 Å². The van der Waals surface area contributed by atoms with Gasteiger partial charge >= 0.3 is 18.9 Å². The van der Waals surface area contributed by atoms with Crippen molar-refractivity contribution in [2.75, 3.05) is 0 Å². The van der Waals surface area contributed by atoms with Crippen LogP contribution in [0.4, 0.5) is 10.5 Å². The van der Waals surface area contributed by atoms with Crippen LogP contribution in [0.25, 0.3) is 5.32 Å². The van der Waals surface area contributed by atoms with E-state index in [0.717, 1.165) is 0 Å². The van der Waals surface area contributed by atoms with Gasteiger partial charge in [0.25, 0.3) is 0 Å². The first-order valence-electron chi connectivity index (χ1n) is 7.98. The number of carbonyl (C=O) groups excluding carboxylic acids is 1. The Hall–Kier alpha value is -1.22. The number of allylic oxidation sites excluding steroid dienone is 1. The molecule has 1 unspecified atom stereocenters. The van der Waals surface area contributed by atoms with Crippen molar-refractivity contribution in [3.63, 3.8) is 0 Å². The predicted molar refractivity (Wildman–Crippen MR) is 104 cm³/mol. The van der Waals surface area contributed by atoms with Crippen LogP contribution in [-0.2, 0) is 21.8 Å². The molecule has 0 bridgehead atoms. The van der Waals surface area contributed by atoms with Gasteiger partial charge in [0.15, 0.2) is 0 Å². The van der Waals surface area contributed by atoms with Crippen LogP contribution in [0.5, 0.6) is 0 Å². The zero-order valence-corrected chi connectivity index (χ0v) is 18.0. The summed E-state index contributed by atoms with van der Waals surface area (Å²) in [6, 6.07) is 19.7.